The van der Waals surface area contributed by atoms with Gasteiger partial charge in [-0.05, 0) is 62.2 Å². The van der Waals surface area contributed by atoms with Crippen molar-refractivity contribution >= 4 is 5.97 Å². The molecular formula is C15H22F2O2. The zero-order valence-electron chi connectivity index (χ0n) is 11.6. The summed E-state index contributed by atoms with van der Waals surface area (Å²) in [6, 6.07) is 0. The van der Waals surface area contributed by atoms with E-state index < -0.39 is 17.5 Å². The van der Waals surface area contributed by atoms with Gasteiger partial charge in [0.15, 0.2) is 0 Å². The maximum atomic E-state index is 13.2. The molecule has 4 fully saturated rings. The average Bonchev–Trinajstić information content (AvgIpc) is 2.31. The molecule has 0 N–H and O–H groups in total. The van der Waals surface area contributed by atoms with E-state index in [0.717, 1.165) is 37.5 Å². The van der Waals surface area contributed by atoms with Gasteiger partial charge in [-0.2, -0.15) is 8.78 Å². The van der Waals surface area contributed by atoms with Gasteiger partial charge in [-0.15, -0.1) is 0 Å². The van der Waals surface area contributed by atoms with Crippen LogP contribution in [0.2, 0.25) is 0 Å². The molecule has 108 valence electrons. The lowest BCUT2D eigenvalue weighted by Gasteiger charge is -2.60. The Labute approximate surface area is 112 Å². The summed E-state index contributed by atoms with van der Waals surface area (Å²) in [5.74, 6) is -2.62. The van der Waals surface area contributed by atoms with E-state index in [1.807, 2.05) is 6.92 Å². The molecule has 4 heteroatoms. The highest BCUT2D eigenvalue weighted by Crippen LogP contribution is 2.60. The fraction of sp³-hybridized carbons (Fsp3) is 0.933. The molecule has 0 aromatic heterocycles. The lowest BCUT2D eigenvalue weighted by Crippen LogP contribution is -2.60. The maximum absolute atomic E-state index is 13.2. The zero-order chi connectivity index (χ0) is 13.8. The summed E-state index contributed by atoms with van der Waals surface area (Å²) in [6.45, 7) is 2.61. The van der Waals surface area contributed by atoms with Crippen LogP contribution in [-0.2, 0) is 9.53 Å². The molecule has 0 amide bonds. The second-order valence-corrected chi connectivity index (χ2v) is 6.89. The lowest BCUT2D eigenvalue weighted by atomic mass is 9.49. The summed E-state index contributed by atoms with van der Waals surface area (Å²) in [6.07, 6.45) is 6.20. The number of halogens is 2. The van der Waals surface area contributed by atoms with E-state index in [-0.39, 0.29) is 0 Å². The molecule has 0 aromatic rings. The normalized spacial score (nSPS) is 44.4. The van der Waals surface area contributed by atoms with Crippen LogP contribution >= 0.6 is 0 Å². The minimum absolute atomic E-state index is 0.306. The molecule has 0 heterocycles. The second-order valence-electron chi connectivity index (χ2n) is 6.89. The van der Waals surface area contributed by atoms with Gasteiger partial charge in [0.05, 0.1) is 0 Å². The van der Waals surface area contributed by atoms with Gasteiger partial charge < -0.3 is 4.74 Å². The maximum Gasteiger partial charge on any atom is 0.377 e. The minimum atomic E-state index is -3.38. The Morgan fingerprint density at radius 3 is 2.00 bits per heavy atom. The molecule has 2 nitrogen and oxygen atoms in total. The van der Waals surface area contributed by atoms with Crippen molar-refractivity contribution in [2.45, 2.75) is 63.9 Å². The summed E-state index contributed by atoms with van der Waals surface area (Å²) in [7, 11) is 0. The number of hydrogen-bond acceptors (Lipinski definition) is 2. The van der Waals surface area contributed by atoms with Crippen molar-refractivity contribution in [3.63, 3.8) is 0 Å². The Morgan fingerprint density at radius 2 is 1.63 bits per heavy atom. The molecule has 4 bridgehead atoms. The van der Waals surface area contributed by atoms with Gasteiger partial charge in [-0.1, -0.05) is 6.92 Å². The van der Waals surface area contributed by atoms with Crippen LogP contribution in [0, 0.1) is 23.7 Å². The number of esters is 1. The van der Waals surface area contributed by atoms with Crippen molar-refractivity contribution in [1.82, 2.24) is 0 Å². The van der Waals surface area contributed by atoms with Gasteiger partial charge in [-0.25, -0.2) is 4.79 Å². The first kappa shape index (κ1) is 13.3. The Morgan fingerprint density at radius 1 is 1.16 bits per heavy atom. The number of rotatable bonds is 3. The third-order valence-corrected chi connectivity index (χ3v) is 5.71. The summed E-state index contributed by atoms with van der Waals surface area (Å²) in [4.78, 5) is 11.6. The Hall–Kier alpha value is -0.670. The second kappa shape index (κ2) is 4.16. The molecule has 19 heavy (non-hydrogen) atoms. The third kappa shape index (κ3) is 1.98. The largest absolute Gasteiger partial charge is 0.454 e. The van der Waals surface area contributed by atoms with E-state index in [9.17, 15) is 13.6 Å². The van der Waals surface area contributed by atoms with Crippen LogP contribution in [0.15, 0.2) is 0 Å². The van der Waals surface area contributed by atoms with Gasteiger partial charge in [0.1, 0.15) is 5.60 Å². The fourth-order valence-electron chi connectivity index (χ4n) is 5.06. The molecule has 0 spiro atoms. The van der Waals surface area contributed by atoms with Crippen LogP contribution in [0.1, 0.15) is 52.4 Å². The summed E-state index contributed by atoms with van der Waals surface area (Å²) in [5.41, 5.74) is -0.607. The molecule has 0 unspecified atom stereocenters. The van der Waals surface area contributed by atoms with Crippen molar-refractivity contribution in [1.29, 1.82) is 0 Å². The highest BCUT2D eigenvalue weighted by atomic mass is 19.3. The monoisotopic (exact) mass is 272 g/mol. The molecule has 0 radical (unpaired) electrons. The van der Waals surface area contributed by atoms with E-state index in [1.165, 1.54) is 6.42 Å². The number of carbonyl (C=O) groups is 1. The minimum Gasteiger partial charge on any atom is -0.454 e. The van der Waals surface area contributed by atoms with Crippen molar-refractivity contribution in [3.05, 3.63) is 0 Å². The van der Waals surface area contributed by atoms with Crippen molar-refractivity contribution < 1.29 is 18.3 Å². The number of alkyl halides is 2. The Kier molecular flexibility index (Phi) is 2.92. The van der Waals surface area contributed by atoms with Gasteiger partial charge in [0.2, 0.25) is 0 Å². The van der Waals surface area contributed by atoms with Crippen molar-refractivity contribution in [3.8, 4) is 0 Å². The SMILES string of the molecule is CCC1(OC(=O)C(C)(F)F)C2CC3CC(C2)CC1C3. The van der Waals surface area contributed by atoms with Crippen LogP contribution in [0.25, 0.3) is 0 Å². The van der Waals surface area contributed by atoms with Crippen LogP contribution < -0.4 is 0 Å². The average molecular weight is 272 g/mol. The first-order valence-electron chi connectivity index (χ1n) is 7.46. The van der Waals surface area contributed by atoms with Gasteiger partial charge >= 0.3 is 11.9 Å². The van der Waals surface area contributed by atoms with Crippen LogP contribution in [0.4, 0.5) is 8.78 Å². The Bertz CT molecular complexity index is 358. The van der Waals surface area contributed by atoms with E-state index in [2.05, 4.69) is 0 Å². The van der Waals surface area contributed by atoms with E-state index in [0.29, 0.717) is 25.2 Å². The third-order valence-electron chi connectivity index (χ3n) is 5.71. The first-order valence-corrected chi connectivity index (χ1v) is 7.46. The predicted molar refractivity (Wildman–Crippen MR) is 66.8 cm³/mol. The van der Waals surface area contributed by atoms with Crippen LogP contribution in [0.5, 0.6) is 0 Å². The van der Waals surface area contributed by atoms with E-state index in [1.54, 1.807) is 0 Å². The molecule has 4 saturated carbocycles. The van der Waals surface area contributed by atoms with Gasteiger partial charge in [0, 0.05) is 6.92 Å². The summed E-state index contributed by atoms with van der Waals surface area (Å²) < 4.78 is 31.8. The molecule has 0 aliphatic heterocycles. The standard InChI is InChI=1S/C15H22F2O2/c1-3-15(19-13(18)14(2,16)17)11-5-9-4-10(7-11)8-12(15)6-9/h9-12H,3-8H2,1-2H3. The molecule has 4 rings (SSSR count). The van der Waals surface area contributed by atoms with Gasteiger partial charge in [-0.3, -0.25) is 0 Å². The molecular weight excluding hydrogens is 250 g/mol. The molecule has 4 aliphatic rings. The van der Waals surface area contributed by atoms with Crippen LogP contribution in [-0.4, -0.2) is 17.5 Å². The highest BCUT2D eigenvalue weighted by molar-refractivity contribution is 5.77. The number of hydrogen-bond donors (Lipinski definition) is 0. The van der Waals surface area contributed by atoms with Crippen molar-refractivity contribution in [2.75, 3.05) is 0 Å². The first-order chi connectivity index (χ1) is 8.85. The molecule has 0 saturated heterocycles. The topological polar surface area (TPSA) is 26.3 Å². The van der Waals surface area contributed by atoms with E-state index in [4.69, 9.17) is 4.74 Å². The van der Waals surface area contributed by atoms with Crippen molar-refractivity contribution in [2.24, 2.45) is 23.7 Å². The summed E-state index contributed by atoms with van der Waals surface area (Å²) >= 11 is 0. The quantitative estimate of drug-likeness (QED) is 0.731. The number of carbonyl (C=O) groups excluding carboxylic acids is 1. The van der Waals surface area contributed by atoms with E-state index >= 15 is 0 Å². The fourth-order valence-corrected chi connectivity index (χ4v) is 5.06. The summed E-state index contributed by atoms with van der Waals surface area (Å²) in [5, 5.41) is 0. The zero-order valence-corrected chi connectivity index (χ0v) is 11.6. The highest BCUT2D eigenvalue weighted by Gasteiger charge is 2.59. The molecule has 0 atom stereocenters. The molecule has 4 aliphatic carbocycles. The van der Waals surface area contributed by atoms with Crippen LogP contribution in [0.3, 0.4) is 0 Å². The lowest BCUT2D eigenvalue weighted by molar-refractivity contribution is -0.227. The van der Waals surface area contributed by atoms with Gasteiger partial charge in [0.25, 0.3) is 0 Å². The predicted octanol–water partition coefficient (Wildman–Crippen LogP) is 3.79. The molecule has 0 aromatic carbocycles. The number of ether oxygens (including phenoxy) is 1. The smallest absolute Gasteiger partial charge is 0.377 e. The Balaban J connectivity index is 1.85.